The Morgan fingerprint density at radius 1 is 1.60 bits per heavy atom. The average Bonchev–Trinajstić information content (AvgIpc) is 2.65. The van der Waals surface area contributed by atoms with E-state index < -0.39 is 0 Å². The molecule has 0 saturated carbocycles. The van der Waals surface area contributed by atoms with Crippen LogP contribution in [0.3, 0.4) is 0 Å². The van der Waals surface area contributed by atoms with Gasteiger partial charge in [0.2, 0.25) is 0 Å². The molecule has 0 bridgehead atoms. The van der Waals surface area contributed by atoms with Gasteiger partial charge >= 0.3 is 5.97 Å². The maximum atomic E-state index is 11.2. The fourth-order valence-corrected chi connectivity index (χ4v) is 2.26. The van der Waals surface area contributed by atoms with Gasteiger partial charge in [-0.1, -0.05) is 15.9 Å². The molecule has 0 aromatic heterocycles. The number of benzene rings is 1. The molecule has 4 heteroatoms. The molecule has 1 aliphatic heterocycles. The number of carbonyl (C=O) groups is 1. The number of hydrogen-bond acceptors (Lipinski definition) is 3. The number of carbonyl (C=O) groups excluding carboxylic acids is 1. The van der Waals surface area contributed by atoms with Crippen molar-refractivity contribution in [1.82, 2.24) is 0 Å². The third-order valence-corrected chi connectivity index (χ3v) is 2.85. The molecule has 15 heavy (non-hydrogen) atoms. The predicted octanol–water partition coefficient (Wildman–Crippen LogP) is 2.10. The van der Waals surface area contributed by atoms with Crippen molar-refractivity contribution < 1.29 is 14.3 Å². The molecular formula is C11H11BrO3. The lowest BCUT2D eigenvalue weighted by atomic mass is 10.1. The van der Waals surface area contributed by atoms with Crippen LogP contribution in [-0.4, -0.2) is 19.7 Å². The molecule has 3 nitrogen and oxygen atoms in total. The minimum atomic E-state index is -0.245. The van der Waals surface area contributed by atoms with Gasteiger partial charge in [-0.3, -0.25) is 4.79 Å². The van der Waals surface area contributed by atoms with Gasteiger partial charge in [0.1, 0.15) is 5.75 Å². The number of hydrogen-bond donors (Lipinski definition) is 0. The van der Waals surface area contributed by atoms with E-state index in [1.807, 2.05) is 12.1 Å². The van der Waals surface area contributed by atoms with E-state index in [0.717, 1.165) is 27.8 Å². The van der Waals surface area contributed by atoms with Crippen LogP contribution in [0.5, 0.6) is 5.75 Å². The zero-order valence-corrected chi connectivity index (χ0v) is 9.96. The highest BCUT2D eigenvalue weighted by molar-refractivity contribution is 9.10. The quantitative estimate of drug-likeness (QED) is 0.773. The molecule has 1 aromatic rings. The first-order valence-corrected chi connectivity index (χ1v) is 5.51. The van der Waals surface area contributed by atoms with Gasteiger partial charge in [0.15, 0.2) is 0 Å². The zero-order chi connectivity index (χ0) is 10.8. The SMILES string of the molecule is COC(=O)Cc1cc(Br)cc2c1OCC2. The molecule has 1 aliphatic rings. The zero-order valence-electron chi connectivity index (χ0n) is 8.38. The number of rotatable bonds is 2. The van der Waals surface area contributed by atoms with Gasteiger partial charge in [-0.15, -0.1) is 0 Å². The maximum absolute atomic E-state index is 11.2. The number of ether oxygens (including phenoxy) is 2. The molecule has 0 atom stereocenters. The van der Waals surface area contributed by atoms with Crippen molar-refractivity contribution in [3.05, 3.63) is 27.7 Å². The van der Waals surface area contributed by atoms with Crippen molar-refractivity contribution in [1.29, 1.82) is 0 Å². The summed E-state index contributed by atoms with van der Waals surface area (Å²) in [6.45, 7) is 0.694. The summed E-state index contributed by atoms with van der Waals surface area (Å²) >= 11 is 3.42. The summed E-state index contributed by atoms with van der Waals surface area (Å²) in [4.78, 5) is 11.2. The summed E-state index contributed by atoms with van der Waals surface area (Å²) in [5, 5.41) is 0. The van der Waals surface area contributed by atoms with Crippen LogP contribution in [0.15, 0.2) is 16.6 Å². The lowest BCUT2D eigenvalue weighted by molar-refractivity contribution is -0.139. The molecule has 80 valence electrons. The Morgan fingerprint density at radius 3 is 3.13 bits per heavy atom. The van der Waals surface area contributed by atoms with E-state index in [0.29, 0.717) is 6.61 Å². The van der Waals surface area contributed by atoms with Crippen molar-refractivity contribution >= 4 is 21.9 Å². The first-order chi connectivity index (χ1) is 7.20. The molecule has 0 spiro atoms. The lowest BCUT2D eigenvalue weighted by Gasteiger charge is -2.07. The molecule has 2 rings (SSSR count). The maximum Gasteiger partial charge on any atom is 0.310 e. The van der Waals surface area contributed by atoms with Gasteiger partial charge in [-0.25, -0.2) is 0 Å². The van der Waals surface area contributed by atoms with Crippen LogP contribution in [0.2, 0.25) is 0 Å². The fourth-order valence-electron chi connectivity index (χ4n) is 1.71. The minimum absolute atomic E-state index is 0.245. The highest BCUT2D eigenvalue weighted by Gasteiger charge is 2.19. The molecule has 0 saturated heterocycles. The molecule has 0 radical (unpaired) electrons. The number of methoxy groups -OCH3 is 1. The third-order valence-electron chi connectivity index (χ3n) is 2.39. The van der Waals surface area contributed by atoms with E-state index >= 15 is 0 Å². The second-order valence-corrected chi connectivity index (χ2v) is 4.32. The number of esters is 1. The largest absolute Gasteiger partial charge is 0.493 e. The van der Waals surface area contributed by atoms with Crippen molar-refractivity contribution in [2.75, 3.05) is 13.7 Å². The molecule has 0 amide bonds. The standard InChI is InChI=1S/C11H11BrO3/c1-14-10(13)6-8-5-9(12)4-7-2-3-15-11(7)8/h4-5H,2-3,6H2,1H3. The van der Waals surface area contributed by atoms with Gasteiger partial charge in [-0.05, 0) is 17.7 Å². The van der Waals surface area contributed by atoms with Crippen LogP contribution in [0.1, 0.15) is 11.1 Å². The first kappa shape index (κ1) is 10.5. The highest BCUT2D eigenvalue weighted by Crippen LogP contribution is 2.33. The normalized spacial score (nSPS) is 13.2. The van der Waals surface area contributed by atoms with Gasteiger partial charge < -0.3 is 9.47 Å². The molecule has 0 aliphatic carbocycles. The second-order valence-electron chi connectivity index (χ2n) is 3.40. The van der Waals surface area contributed by atoms with Gasteiger partial charge in [0, 0.05) is 16.5 Å². The van der Waals surface area contributed by atoms with E-state index in [4.69, 9.17) is 4.74 Å². The smallest absolute Gasteiger partial charge is 0.310 e. The summed E-state index contributed by atoms with van der Waals surface area (Å²) in [6, 6.07) is 3.93. The Hall–Kier alpha value is -1.03. The van der Waals surface area contributed by atoms with Gasteiger partial charge in [0.25, 0.3) is 0 Å². The lowest BCUT2D eigenvalue weighted by Crippen LogP contribution is -2.05. The Kier molecular flexibility index (Phi) is 2.95. The van der Waals surface area contributed by atoms with Crippen molar-refractivity contribution in [3.63, 3.8) is 0 Å². The van der Waals surface area contributed by atoms with Crippen molar-refractivity contribution in [2.45, 2.75) is 12.8 Å². The predicted molar refractivity (Wildman–Crippen MR) is 59.1 cm³/mol. The number of fused-ring (bicyclic) bond motifs is 1. The van der Waals surface area contributed by atoms with Crippen LogP contribution in [0.4, 0.5) is 0 Å². The van der Waals surface area contributed by atoms with E-state index in [9.17, 15) is 4.79 Å². The van der Waals surface area contributed by atoms with E-state index in [1.165, 1.54) is 7.11 Å². The van der Waals surface area contributed by atoms with Crippen LogP contribution in [-0.2, 0) is 22.4 Å². The van der Waals surface area contributed by atoms with Crippen molar-refractivity contribution in [3.8, 4) is 5.75 Å². The topological polar surface area (TPSA) is 35.5 Å². The van der Waals surface area contributed by atoms with E-state index in [-0.39, 0.29) is 12.4 Å². The van der Waals surface area contributed by atoms with Crippen LogP contribution in [0.25, 0.3) is 0 Å². The molecule has 1 heterocycles. The summed E-state index contributed by atoms with van der Waals surface area (Å²) in [5.41, 5.74) is 2.05. The van der Waals surface area contributed by atoms with Crippen LogP contribution >= 0.6 is 15.9 Å². The first-order valence-electron chi connectivity index (χ1n) is 4.71. The molecule has 0 N–H and O–H groups in total. The second kappa shape index (κ2) is 4.23. The van der Waals surface area contributed by atoms with Gasteiger partial charge in [-0.2, -0.15) is 0 Å². The van der Waals surface area contributed by atoms with Crippen molar-refractivity contribution in [2.24, 2.45) is 0 Å². The van der Waals surface area contributed by atoms with E-state index in [1.54, 1.807) is 0 Å². The Bertz CT molecular complexity index is 401. The Morgan fingerprint density at radius 2 is 2.40 bits per heavy atom. The third kappa shape index (κ3) is 2.15. The Labute approximate surface area is 96.5 Å². The summed E-state index contributed by atoms with van der Waals surface area (Å²) in [6.07, 6.45) is 1.17. The average molecular weight is 271 g/mol. The summed E-state index contributed by atoms with van der Waals surface area (Å²) in [5.74, 6) is 0.606. The molecule has 1 aromatic carbocycles. The molecule has 0 fully saturated rings. The number of halogens is 1. The van der Waals surface area contributed by atoms with Crippen LogP contribution in [0, 0.1) is 0 Å². The minimum Gasteiger partial charge on any atom is -0.493 e. The van der Waals surface area contributed by atoms with E-state index in [2.05, 4.69) is 20.7 Å². The Balaban J connectivity index is 2.34. The summed E-state index contributed by atoms with van der Waals surface area (Å²) in [7, 11) is 1.39. The van der Waals surface area contributed by atoms with Gasteiger partial charge in [0.05, 0.1) is 20.1 Å². The molecule has 0 unspecified atom stereocenters. The highest BCUT2D eigenvalue weighted by atomic mass is 79.9. The summed E-state index contributed by atoms with van der Waals surface area (Å²) < 4.78 is 11.1. The van der Waals surface area contributed by atoms with Crippen LogP contribution < -0.4 is 4.74 Å². The monoisotopic (exact) mass is 270 g/mol. The molecular weight excluding hydrogens is 260 g/mol. The fraction of sp³-hybridized carbons (Fsp3) is 0.364.